The number of hydrogen-bond donors (Lipinski definition) is 2. The molecule has 0 fully saturated rings. The fourth-order valence-corrected chi connectivity index (χ4v) is 0.943. The summed E-state index contributed by atoms with van der Waals surface area (Å²) < 4.78 is 4.78. The lowest BCUT2D eigenvalue weighted by molar-refractivity contribution is -0.118. The van der Waals surface area contributed by atoms with E-state index in [0.717, 1.165) is 0 Å². The number of nitrogens with two attached hydrogens (primary N) is 1. The molecule has 0 radical (unpaired) electrons. The number of H-pyrrole nitrogens is 1. The largest absolute Gasteiger partial charge is 0.383 e. The average Bonchev–Trinajstić information content (AvgIpc) is 2.34. The number of amides is 1. The predicted octanol–water partition coefficient (Wildman–Crippen LogP) is -0.0532. The Kier molecular flexibility index (Phi) is 2.32. The second kappa shape index (κ2) is 3.25. The highest BCUT2D eigenvalue weighted by Gasteiger charge is 2.12. The molecule has 12 heavy (non-hydrogen) atoms. The van der Waals surface area contributed by atoms with Gasteiger partial charge < -0.3 is 10.3 Å². The molecule has 0 bridgehead atoms. The Morgan fingerprint density at radius 2 is 2.50 bits per heavy atom. The van der Waals surface area contributed by atoms with Crippen molar-refractivity contribution in [2.24, 2.45) is 5.73 Å². The van der Waals surface area contributed by atoms with Crippen LogP contribution in [0.3, 0.4) is 0 Å². The fourth-order valence-electron chi connectivity index (χ4n) is 0.943. The normalized spacial score (nSPS) is 12.8. The molecule has 3 N–H and O–H groups in total. The quantitative estimate of drug-likeness (QED) is 0.666. The molecular formula is C7H10N2O3. The third kappa shape index (κ3) is 1.98. The molecule has 0 aliphatic carbocycles. The third-order valence-corrected chi connectivity index (χ3v) is 1.54. The molecule has 5 nitrogen and oxygen atoms in total. The van der Waals surface area contributed by atoms with E-state index in [0.29, 0.717) is 5.76 Å². The first-order valence-corrected chi connectivity index (χ1v) is 3.56. The lowest BCUT2D eigenvalue weighted by Crippen LogP contribution is -2.13. The minimum atomic E-state index is -0.411. The van der Waals surface area contributed by atoms with Gasteiger partial charge in [-0.1, -0.05) is 6.92 Å². The molecule has 5 heteroatoms. The first-order chi connectivity index (χ1) is 5.59. The zero-order valence-electron chi connectivity index (χ0n) is 6.66. The van der Waals surface area contributed by atoms with Crippen molar-refractivity contribution >= 4 is 5.91 Å². The highest BCUT2D eigenvalue weighted by Crippen LogP contribution is 2.15. The smallest absolute Gasteiger partial charge is 0.280 e. The summed E-state index contributed by atoms with van der Waals surface area (Å²) in [6.45, 7) is 1.76. The van der Waals surface area contributed by atoms with Gasteiger partial charge in [0.1, 0.15) is 5.76 Å². The molecule has 0 saturated carbocycles. The van der Waals surface area contributed by atoms with Crippen LogP contribution in [-0.2, 0) is 4.79 Å². The standard InChI is InChI=1S/C7H10N2O3/c1-4(2-6(8)10)5-3-7(11)9-12-5/h3-4H,2H2,1H3,(H2,8,10)(H,9,11). The van der Waals surface area contributed by atoms with Crippen LogP contribution in [0.25, 0.3) is 0 Å². The van der Waals surface area contributed by atoms with Crippen LogP contribution < -0.4 is 11.3 Å². The summed E-state index contributed by atoms with van der Waals surface area (Å²) in [6, 6.07) is 1.31. The Labute approximate surface area is 68.5 Å². The van der Waals surface area contributed by atoms with Gasteiger partial charge >= 0.3 is 0 Å². The number of hydrogen-bond acceptors (Lipinski definition) is 3. The topological polar surface area (TPSA) is 89.1 Å². The summed E-state index contributed by atoms with van der Waals surface area (Å²) in [4.78, 5) is 21.1. The highest BCUT2D eigenvalue weighted by molar-refractivity contribution is 5.74. The van der Waals surface area contributed by atoms with Crippen LogP contribution in [0.5, 0.6) is 0 Å². The van der Waals surface area contributed by atoms with Crippen molar-refractivity contribution in [3.05, 3.63) is 22.2 Å². The number of rotatable bonds is 3. The van der Waals surface area contributed by atoms with Crippen molar-refractivity contribution in [1.29, 1.82) is 0 Å². The average molecular weight is 170 g/mol. The van der Waals surface area contributed by atoms with Crippen LogP contribution in [0, 0.1) is 0 Å². The van der Waals surface area contributed by atoms with Crippen molar-refractivity contribution in [1.82, 2.24) is 5.16 Å². The van der Waals surface area contributed by atoms with Gasteiger partial charge in [0.05, 0.1) is 0 Å². The number of carbonyl (C=O) groups excluding carboxylic acids is 1. The van der Waals surface area contributed by atoms with E-state index in [1.54, 1.807) is 6.92 Å². The summed E-state index contributed by atoms with van der Waals surface area (Å²) >= 11 is 0. The van der Waals surface area contributed by atoms with E-state index in [9.17, 15) is 9.59 Å². The third-order valence-electron chi connectivity index (χ3n) is 1.54. The molecule has 0 aliphatic rings. The van der Waals surface area contributed by atoms with E-state index in [1.807, 2.05) is 0 Å². The van der Waals surface area contributed by atoms with Crippen molar-refractivity contribution in [3.8, 4) is 0 Å². The molecule has 1 rings (SSSR count). The summed E-state index contributed by atoms with van der Waals surface area (Å²) in [5.74, 6) is -0.105. The first-order valence-electron chi connectivity index (χ1n) is 3.56. The first kappa shape index (κ1) is 8.58. The minimum Gasteiger partial charge on any atom is -0.383 e. The molecule has 1 heterocycles. The molecule has 1 aromatic rings. The maximum absolute atomic E-state index is 10.6. The maximum atomic E-state index is 10.6. The summed E-state index contributed by atoms with van der Waals surface area (Å²) in [5.41, 5.74) is 4.66. The zero-order chi connectivity index (χ0) is 9.14. The molecule has 1 atom stereocenters. The van der Waals surface area contributed by atoms with Crippen molar-refractivity contribution < 1.29 is 9.32 Å². The van der Waals surface area contributed by atoms with Gasteiger partial charge in [0, 0.05) is 18.4 Å². The molecule has 1 amide bonds. The maximum Gasteiger partial charge on any atom is 0.280 e. The number of nitrogens with one attached hydrogen (secondary N) is 1. The van der Waals surface area contributed by atoms with Crippen LogP contribution in [-0.4, -0.2) is 11.1 Å². The predicted molar refractivity (Wildman–Crippen MR) is 41.6 cm³/mol. The van der Waals surface area contributed by atoms with Crippen molar-refractivity contribution in [3.63, 3.8) is 0 Å². The van der Waals surface area contributed by atoms with Gasteiger partial charge in [-0.15, -0.1) is 0 Å². The van der Waals surface area contributed by atoms with Gasteiger partial charge in [-0.25, -0.2) is 0 Å². The molecule has 0 aromatic carbocycles. The fraction of sp³-hybridized carbons (Fsp3) is 0.429. The van der Waals surface area contributed by atoms with E-state index in [4.69, 9.17) is 10.3 Å². The van der Waals surface area contributed by atoms with Gasteiger partial charge in [-0.05, 0) is 0 Å². The molecule has 0 saturated heterocycles. The van der Waals surface area contributed by atoms with Gasteiger partial charge in [-0.2, -0.15) is 5.16 Å². The van der Waals surface area contributed by atoms with E-state index < -0.39 is 5.91 Å². The second-order valence-corrected chi connectivity index (χ2v) is 2.69. The zero-order valence-corrected chi connectivity index (χ0v) is 6.66. The van der Waals surface area contributed by atoms with E-state index in [-0.39, 0.29) is 17.9 Å². The minimum absolute atomic E-state index is 0.151. The van der Waals surface area contributed by atoms with Crippen LogP contribution in [0.1, 0.15) is 25.0 Å². The Morgan fingerprint density at radius 1 is 1.83 bits per heavy atom. The number of aromatic nitrogens is 1. The summed E-state index contributed by atoms with van der Waals surface area (Å²) in [6.07, 6.45) is 0.181. The summed E-state index contributed by atoms with van der Waals surface area (Å²) in [7, 11) is 0. The Morgan fingerprint density at radius 3 is 2.92 bits per heavy atom. The van der Waals surface area contributed by atoms with E-state index in [1.165, 1.54) is 6.07 Å². The molecule has 0 spiro atoms. The Balaban J connectivity index is 2.71. The van der Waals surface area contributed by atoms with Gasteiger partial charge in [0.25, 0.3) is 5.56 Å². The van der Waals surface area contributed by atoms with Crippen LogP contribution in [0.15, 0.2) is 15.4 Å². The number of carbonyl (C=O) groups is 1. The molecule has 1 aromatic heterocycles. The SMILES string of the molecule is CC(CC(N)=O)c1cc(=O)[nH]o1. The molecule has 66 valence electrons. The Hall–Kier alpha value is -1.52. The van der Waals surface area contributed by atoms with Gasteiger partial charge in [-0.3, -0.25) is 9.59 Å². The second-order valence-electron chi connectivity index (χ2n) is 2.69. The van der Waals surface area contributed by atoms with Gasteiger partial charge in [0.2, 0.25) is 5.91 Å². The summed E-state index contributed by atoms with van der Waals surface area (Å²) in [5, 5.41) is 2.14. The monoisotopic (exact) mass is 170 g/mol. The number of aromatic amines is 1. The Bertz CT molecular complexity index is 325. The lowest BCUT2D eigenvalue weighted by atomic mass is 10.1. The van der Waals surface area contributed by atoms with Crippen molar-refractivity contribution in [2.75, 3.05) is 0 Å². The number of primary amides is 1. The molecule has 1 unspecified atom stereocenters. The van der Waals surface area contributed by atoms with Crippen molar-refractivity contribution in [2.45, 2.75) is 19.3 Å². The van der Waals surface area contributed by atoms with Gasteiger partial charge in [0.15, 0.2) is 0 Å². The van der Waals surface area contributed by atoms with Crippen LogP contribution >= 0.6 is 0 Å². The van der Waals surface area contributed by atoms with E-state index >= 15 is 0 Å². The van der Waals surface area contributed by atoms with E-state index in [2.05, 4.69) is 5.16 Å². The molecule has 0 aliphatic heterocycles. The highest BCUT2D eigenvalue weighted by atomic mass is 16.5. The molecular weight excluding hydrogens is 160 g/mol. The lowest BCUT2D eigenvalue weighted by Gasteiger charge is -2.02. The van der Waals surface area contributed by atoms with Crippen LogP contribution in [0.4, 0.5) is 0 Å². The van der Waals surface area contributed by atoms with Crippen LogP contribution in [0.2, 0.25) is 0 Å².